The molecule has 13 nitrogen and oxygen atoms in total. The lowest BCUT2D eigenvalue weighted by Crippen LogP contribution is -2.19. The van der Waals surface area contributed by atoms with Crippen molar-refractivity contribution in [1.82, 2.24) is 24.7 Å². The average Bonchev–Trinajstić information content (AvgIpc) is 3.32. The van der Waals surface area contributed by atoms with Crippen molar-refractivity contribution < 1.29 is 23.8 Å². The second-order valence-electron chi connectivity index (χ2n) is 8.49. The number of amidine groups is 1. The Kier molecular flexibility index (Phi) is 8.49. The van der Waals surface area contributed by atoms with E-state index in [1.807, 2.05) is 6.92 Å². The smallest absolute Gasteiger partial charge is 0.350 e. The normalized spacial score (nSPS) is 11.6. The molecule has 14 heteroatoms. The number of benzene rings is 2. The Morgan fingerprint density at radius 1 is 1.25 bits per heavy atom. The minimum Gasteiger partial charge on any atom is -0.488 e. The number of aliphatic hydroxyl groups is 1. The number of H-pyrrole nitrogens is 1. The molecular formula is C26H27FN8O5. The molecule has 0 bridgehead atoms. The number of aliphatic hydroxyl groups excluding tert-OH is 1. The van der Waals surface area contributed by atoms with Crippen LogP contribution in [-0.2, 0) is 11.2 Å². The summed E-state index contributed by atoms with van der Waals surface area (Å²) in [6.45, 7) is 2.64. The summed E-state index contributed by atoms with van der Waals surface area (Å²) in [6, 6.07) is 8.05. The minimum atomic E-state index is -1.10. The standard InChI is InChI=1S/C26H27FN8O5/c1-3-15-11-18(21(27)20(12-15)39-10-9-36)22(24-33-26(38)35(34-24)25-30-7-4-8-31-25)32-16-5-6-17(23(28)29)19(13-16)40-14(2)37/h4-8,11-13,22,32,36H,3,9-10H2,1-2H3,(H3,28,29)(H,33,34,38)/t22-/m0/s1. The largest absolute Gasteiger partial charge is 0.488 e. The van der Waals surface area contributed by atoms with Crippen molar-refractivity contribution in [1.29, 1.82) is 5.41 Å². The molecule has 0 spiro atoms. The van der Waals surface area contributed by atoms with E-state index in [0.29, 0.717) is 12.1 Å². The summed E-state index contributed by atoms with van der Waals surface area (Å²) in [5.74, 6) is -1.75. The summed E-state index contributed by atoms with van der Waals surface area (Å²) < 4.78 is 27.5. The number of ether oxygens (including phenoxy) is 2. The van der Waals surface area contributed by atoms with Crippen molar-refractivity contribution in [2.24, 2.45) is 5.73 Å². The number of nitrogen functional groups attached to an aromatic ring is 1. The van der Waals surface area contributed by atoms with E-state index in [-0.39, 0.29) is 53.4 Å². The lowest BCUT2D eigenvalue weighted by molar-refractivity contribution is -0.131. The molecule has 0 saturated carbocycles. The highest BCUT2D eigenvalue weighted by atomic mass is 19.1. The Balaban J connectivity index is 1.88. The molecule has 1 atom stereocenters. The number of nitrogens with zero attached hydrogens (tertiary/aromatic N) is 4. The van der Waals surface area contributed by atoms with Crippen molar-refractivity contribution in [2.45, 2.75) is 26.3 Å². The van der Waals surface area contributed by atoms with Crippen molar-refractivity contribution in [3.05, 3.63) is 87.6 Å². The van der Waals surface area contributed by atoms with Gasteiger partial charge in [-0.15, -0.1) is 9.78 Å². The highest BCUT2D eigenvalue weighted by Crippen LogP contribution is 2.34. The molecule has 208 valence electrons. The molecule has 2 heterocycles. The summed E-state index contributed by atoms with van der Waals surface area (Å²) in [4.78, 5) is 35.2. The van der Waals surface area contributed by atoms with Crippen LogP contribution in [-0.4, -0.2) is 54.9 Å². The molecule has 0 unspecified atom stereocenters. The Morgan fingerprint density at radius 3 is 2.65 bits per heavy atom. The fourth-order valence-electron chi connectivity index (χ4n) is 3.89. The van der Waals surface area contributed by atoms with E-state index in [4.69, 9.17) is 20.6 Å². The van der Waals surface area contributed by atoms with Crippen LogP contribution in [0.15, 0.2) is 53.6 Å². The van der Waals surface area contributed by atoms with E-state index in [9.17, 15) is 14.7 Å². The Labute approximate surface area is 227 Å². The molecule has 0 aliphatic carbocycles. The number of anilines is 1. The summed E-state index contributed by atoms with van der Waals surface area (Å²) >= 11 is 0. The first-order chi connectivity index (χ1) is 19.2. The molecule has 0 fully saturated rings. The van der Waals surface area contributed by atoms with E-state index in [1.165, 1.54) is 37.5 Å². The number of carbonyl (C=O) groups is 1. The van der Waals surface area contributed by atoms with Crippen LogP contribution in [0.2, 0.25) is 0 Å². The van der Waals surface area contributed by atoms with Gasteiger partial charge in [0, 0.05) is 36.6 Å². The zero-order valence-electron chi connectivity index (χ0n) is 21.6. The second-order valence-corrected chi connectivity index (χ2v) is 8.49. The van der Waals surface area contributed by atoms with Crippen molar-refractivity contribution in [2.75, 3.05) is 18.5 Å². The summed E-state index contributed by atoms with van der Waals surface area (Å²) in [6.07, 6.45) is 3.42. The molecule has 0 saturated heterocycles. The van der Waals surface area contributed by atoms with Gasteiger partial charge in [-0.3, -0.25) is 15.2 Å². The maximum absolute atomic E-state index is 15.9. The lowest BCUT2D eigenvalue weighted by Gasteiger charge is -2.22. The van der Waals surface area contributed by atoms with Gasteiger partial charge in [0.1, 0.15) is 24.2 Å². The number of rotatable bonds is 11. The van der Waals surface area contributed by atoms with Gasteiger partial charge in [0.2, 0.25) is 0 Å². The van der Waals surface area contributed by atoms with Gasteiger partial charge in [0.05, 0.1) is 12.2 Å². The van der Waals surface area contributed by atoms with Crippen molar-refractivity contribution in [3.8, 4) is 17.4 Å². The van der Waals surface area contributed by atoms with Crippen molar-refractivity contribution >= 4 is 17.5 Å². The fraction of sp³-hybridized carbons (Fsp3) is 0.231. The van der Waals surface area contributed by atoms with Gasteiger partial charge in [-0.1, -0.05) is 13.0 Å². The third-order valence-corrected chi connectivity index (χ3v) is 5.68. The van der Waals surface area contributed by atoms with Gasteiger partial charge in [0.25, 0.3) is 5.95 Å². The number of halogens is 1. The first kappa shape index (κ1) is 27.9. The van der Waals surface area contributed by atoms with Crippen LogP contribution < -0.4 is 26.2 Å². The minimum absolute atomic E-state index is 0.00598. The Bertz CT molecular complexity index is 1590. The maximum atomic E-state index is 15.9. The van der Waals surface area contributed by atoms with E-state index in [0.717, 1.165) is 10.2 Å². The van der Waals surface area contributed by atoms with Gasteiger partial charge in [-0.25, -0.2) is 19.2 Å². The van der Waals surface area contributed by atoms with Crippen LogP contribution in [0.4, 0.5) is 10.1 Å². The molecule has 4 aromatic rings. The molecule has 2 aromatic carbocycles. The van der Waals surface area contributed by atoms with E-state index < -0.39 is 23.5 Å². The highest BCUT2D eigenvalue weighted by molar-refractivity contribution is 5.98. The fourth-order valence-corrected chi connectivity index (χ4v) is 3.89. The topological polar surface area (TPSA) is 194 Å². The molecule has 4 rings (SSSR count). The van der Waals surface area contributed by atoms with Gasteiger partial charge in [-0.2, -0.15) is 0 Å². The molecule has 0 aliphatic heterocycles. The quantitative estimate of drug-likeness (QED) is 0.0796. The predicted octanol–water partition coefficient (Wildman–Crippen LogP) is 1.83. The number of esters is 1. The number of nitrogens with two attached hydrogens (primary N) is 1. The zero-order chi connectivity index (χ0) is 28.8. The first-order valence-electron chi connectivity index (χ1n) is 12.2. The number of nitrogens with one attached hydrogen (secondary N) is 3. The number of hydrogen-bond donors (Lipinski definition) is 5. The molecule has 0 aliphatic rings. The van der Waals surface area contributed by atoms with E-state index in [2.05, 4.69) is 25.4 Å². The van der Waals surface area contributed by atoms with Crippen molar-refractivity contribution in [3.63, 3.8) is 0 Å². The average molecular weight is 551 g/mol. The number of aryl methyl sites for hydroxylation is 1. The van der Waals surface area contributed by atoms with E-state index >= 15 is 4.39 Å². The summed E-state index contributed by atoms with van der Waals surface area (Å²) in [7, 11) is 0. The van der Waals surface area contributed by atoms with Crippen LogP contribution in [0.5, 0.6) is 11.5 Å². The third-order valence-electron chi connectivity index (χ3n) is 5.68. The molecular weight excluding hydrogens is 523 g/mol. The molecule has 2 aromatic heterocycles. The summed E-state index contributed by atoms with van der Waals surface area (Å²) in [5, 5.41) is 24.4. The van der Waals surface area contributed by atoms with E-state index in [1.54, 1.807) is 18.2 Å². The van der Waals surface area contributed by atoms with Gasteiger partial charge in [0.15, 0.2) is 17.4 Å². The van der Waals surface area contributed by atoms with Gasteiger partial charge >= 0.3 is 11.7 Å². The van der Waals surface area contributed by atoms with Crippen LogP contribution in [0.25, 0.3) is 5.95 Å². The first-order valence-corrected chi connectivity index (χ1v) is 12.2. The third kappa shape index (κ3) is 6.13. The molecule has 6 N–H and O–H groups in total. The van der Waals surface area contributed by atoms with Crippen LogP contribution in [0.1, 0.15) is 42.4 Å². The van der Waals surface area contributed by atoms with Gasteiger partial charge < -0.3 is 25.6 Å². The Hall–Kier alpha value is -5.11. The number of aromatic amines is 1. The molecule has 0 amide bonds. The Morgan fingerprint density at radius 2 is 2.00 bits per heavy atom. The summed E-state index contributed by atoms with van der Waals surface area (Å²) in [5.41, 5.74) is 6.27. The maximum Gasteiger partial charge on any atom is 0.350 e. The highest BCUT2D eigenvalue weighted by Gasteiger charge is 2.27. The van der Waals surface area contributed by atoms with Crippen LogP contribution in [0, 0.1) is 11.2 Å². The second kappa shape index (κ2) is 12.2. The molecule has 0 radical (unpaired) electrons. The number of aromatic nitrogens is 5. The molecule has 40 heavy (non-hydrogen) atoms. The monoisotopic (exact) mass is 550 g/mol. The zero-order valence-corrected chi connectivity index (χ0v) is 21.6. The van der Waals surface area contributed by atoms with Crippen LogP contribution in [0.3, 0.4) is 0 Å². The number of hydrogen-bond acceptors (Lipinski definition) is 10. The number of carbonyl (C=O) groups excluding carboxylic acids is 1. The SMILES string of the molecule is CCc1cc(OCCO)c(F)c([C@H](Nc2ccc(C(=N)N)c(OC(C)=O)c2)c2nn(-c3ncccn3)c(=O)[nH]2)c1. The van der Waals surface area contributed by atoms with Crippen LogP contribution >= 0.6 is 0 Å². The predicted molar refractivity (Wildman–Crippen MR) is 142 cm³/mol. The van der Waals surface area contributed by atoms with Gasteiger partial charge in [-0.05, 0) is 36.2 Å². The lowest BCUT2D eigenvalue weighted by atomic mass is 10.00.